The Kier molecular flexibility index (Phi) is 7.03. The fraction of sp³-hybridized carbons (Fsp3) is 0.500. The molecule has 0 aromatic heterocycles. The Labute approximate surface area is 178 Å². The van der Waals surface area contributed by atoms with Gasteiger partial charge in [0.25, 0.3) is 0 Å². The molecule has 2 atom stereocenters. The van der Waals surface area contributed by atoms with E-state index in [0.717, 1.165) is 11.3 Å². The summed E-state index contributed by atoms with van der Waals surface area (Å²) in [6.45, 7) is 8.89. The van der Waals surface area contributed by atoms with E-state index < -0.39 is 11.9 Å². The average molecular weight is 417 g/mol. The summed E-state index contributed by atoms with van der Waals surface area (Å²) in [7, 11) is 0. The molecule has 0 amide bonds. The fourth-order valence-corrected chi connectivity index (χ4v) is 3.38. The maximum absolute atomic E-state index is 9.40. The second kappa shape index (κ2) is 9.35. The summed E-state index contributed by atoms with van der Waals surface area (Å²) in [6.07, 6.45) is -0.934. The lowest BCUT2D eigenvalue weighted by molar-refractivity contribution is -0.141. The third kappa shape index (κ3) is 5.73. The van der Waals surface area contributed by atoms with Crippen molar-refractivity contribution in [2.45, 2.75) is 51.1 Å². The highest BCUT2D eigenvalue weighted by molar-refractivity contribution is 5.41. The zero-order valence-electron chi connectivity index (χ0n) is 18.1. The lowest BCUT2D eigenvalue weighted by atomic mass is 9.78. The molecule has 30 heavy (non-hydrogen) atoms. The van der Waals surface area contributed by atoms with Crippen LogP contribution < -0.4 is 9.47 Å². The minimum absolute atomic E-state index is 0.0599. The van der Waals surface area contributed by atoms with Crippen LogP contribution in [0.1, 0.15) is 38.8 Å². The van der Waals surface area contributed by atoms with E-state index in [2.05, 4.69) is 26.0 Å². The predicted molar refractivity (Wildman–Crippen MR) is 114 cm³/mol. The summed E-state index contributed by atoms with van der Waals surface area (Å²) >= 11 is 0. The molecule has 2 aromatic carbocycles. The third-order valence-corrected chi connectivity index (χ3v) is 5.31. The lowest BCUT2D eigenvalue weighted by Gasteiger charge is -2.26. The molecule has 0 bridgehead atoms. The van der Waals surface area contributed by atoms with Crippen molar-refractivity contribution in [1.82, 2.24) is 0 Å². The Bertz CT molecular complexity index is 797. The first-order valence-electron chi connectivity index (χ1n) is 10.3. The van der Waals surface area contributed by atoms with Crippen molar-refractivity contribution in [3.8, 4) is 11.5 Å². The van der Waals surface area contributed by atoms with Crippen LogP contribution in [0, 0.1) is 0 Å². The Morgan fingerprint density at radius 2 is 1.53 bits per heavy atom. The minimum atomic E-state index is -0.874. The second-order valence-electron chi connectivity index (χ2n) is 8.58. The standard InChI is InChI=1S/C24H32O6/c1-23(2,17-5-9-20(10-6-17)27-14-19(26)13-25)18-7-11-21(12-8-18)28-15-22-16-29-24(3,4)30-22/h5-12,19,22,25-26H,13-16H2,1-4H3/t19-,22+/m1/s1. The van der Waals surface area contributed by atoms with E-state index in [4.69, 9.17) is 24.1 Å². The first-order chi connectivity index (χ1) is 14.2. The maximum atomic E-state index is 9.40. The van der Waals surface area contributed by atoms with Gasteiger partial charge in [0.05, 0.1) is 13.2 Å². The maximum Gasteiger partial charge on any atom is 0.163 e. The zero-order chi connectivity index (χ0) is 21.8. The smallest absolute Gasteiger partial charge is 0.163 e. The summed E-state index contributed by atoms with van der Waals surface area (Å²) < 4.78 is 22.7. The Morgan fingerprint density at radius 3 is 2.00 bits per heavy atom. The van der Waals surface area contributed by atoms with Crippen molar-refractivity contribution in [3.63, 3.8) is 0 Å². The van der Waals surface area contributed by atoms with E-state index in [0.29, 0.717) is 19.0 Å². The SMILES string of the molecule is CC1(C)OC[C@H](COc2ccc(C(C)(C)c3ccc(OC[C@H](O)CO)cc3)cc2)O1. The van der Waals surface area contributed by atoms with Gasteiger partial charge in [0.1, 0.15) is 36.9 Å². The van der Waals surface area contributed by atoms with Gasteiger partial charge in [-0.15, -0.1) is 0 Å². The number of hydrogen-bond donors (Lipinski definition) is 2. The van der Waals surface area contributed by atoms with Gasteiger partial charge in [-0.1, -0.05) is 38.1 Å². The molecule has 3 rings (SSSR count). The van der Waals surface area contributed by atoms with E-state index in [1.54, 1.807) is 0 Å². The summed E-state index contributed by atoms with van der Waals surface area (Å²) in [5.74, 6) is 0.919. The second-order valence-corrected chi connectivity index (χ2v) is 8.58. The number of aliphatic hydroxyl groups is 2. The van der Waals surface area contributed by atoms with Crippen molar-refractivity contribution in [2.75, 3.05) is 26.4 Å². The third-order valence-electron chi connectivity index (χ3n) is 5.31. The Morgan fingerprint density at radius 1 is 1.00 bits per heavy atom. The molecule has 2 N–H and O–H groups in total. The highest BCUT2D eigenvalue weighted by Crippen LogP contribution is 2.33. The van der Waals surface area contributed by atoms with Crippen LogP contribution in [0.3, 0.4) is 0 Å². The average Bonchev–Trinajstić information content (AvgIpc) is 3.09. The number of benzene rings is 2. The normalized spacial score (nSPS) is 19.5. The molecule has 6 nitrogen and oxygen atoms in total. The Hall–Kier alpha value is -2.12. The predicted octanol–water partition coefficient (Wildman–Crippen LogP) is 3.27. The molecule has 0 spiro atoms. The molecular formula is C24H32O6. The van der Waals surface area contributed by atoms with Crippen LogP contribution in [0.15, 0.2) is 48.5 Å². The Balaban J connectivity index is 1.59. The van der Waals surface area contributed by atoms with Gasteiger partial charge in [0.15, 0.2) is 5.79 Å². The molecule has 1 aliphatic heterocycles. The van der Waals surface area contributed by atoms with Crippen LogP contribution in [-0.4, -0.2) is 54.6 Å². The van der Waals surface area contributed by atoms with Gasteiger partial charge in [0.2, 0.25) is 0 Å². The first kappa shape index (κ1) is 22.6. The van der Waals surface area contributed by atoms with E-state index >= 15 is 0 Å². The molecule has 0 unspecified atom stereocenters. The van der Waals surface area contributed by atoms with Gasteiger partial charge < -0.3 is 29.2 Å². The van der Waals surface area contributed by atoms with Crippen molar-refractivity contribution in [3.05, 3.63) is 59.7 Å². The number of ether oxygens (including phenoxy) is 4. The highest BCUT2D eigenvalue weighted by Gasteiger charge is 2.33. The molecule has 164 valence electrons. The molecule has 1 aliphatic rings. The van der Waals surface area contributed by atoms with Crippen molar-refractivity contribution in [2.24, 2.45) is 0 Å². The summed E-state index contributed by atoms with van der Waals surface area (Å²) in [5, 5.41) is 18.3. The zero-order valence-corrected chi connectivity index (χ0v) is 18.1. The van der Waals surface area contributed by atoms with Crippen LogP contribution in [0.5, 0.6) is 11.5 Å². The van der Waals surface area contributed by atoms with Gasteiger partial charge in [-0.2, -0.15) is 0 Å². The van der Waals surface area contributed by atoms with Crippen LogP contribution in [0.25, 0.3) is 0 Å². The molecule has 1 heterocycles. The van der Waals surface area contributed by atoms with Crippen LogP contribution in [0.2, 0.25) is 0 Å². The van der Waals surface area contributed by atoms with Crippen molar-refractivity contribution >= 4 is 0 Å². The van der Waals surface area contributed by atoms with Crippen molar-refractivity contribution in [1.29, 1.82) is 0 Å². The molecule has 6 heteroatoms. The monoisotopic (exact) mass is 416 g/mol. The van der Waals surface area contributed by atoms with Gasteiger partial charge in [-0.05, 0) is 49.2 Å². The molecule has 1 fully saturated rings. The van der Waals surface area contributed by atoms with Crippen LogP contribution in [-0.2, 0) is 14.9 Å². The quantitative estimate of drug-likeness (QED) is 0.653. The van der Waals surface area contributed by atoms with Crippen molar-refractivity contribution < 1.29 is 29.2 Å². The molecule has 1 saturated heterocycles. The summed E-state index contributed by atoms with van der Waals surface area (Å²) in [6, 6.07) is 15.9. The minimum Gasteiger partial charge on any atom is -0.491 e. The topological polar surface area (TPSA) is 77.4 Å². The van der Waals surface area contributed by atoms with E-state index in [-0.39, 0.29) is 24.7 Å². The van der Waals surface area contributed by atoms with Crippen LogP contribution >= 0.6 is 0 Å². The first-order valence-corrected chi connectivity index (χ1v) is 10.3. The molecular weight excluding hydrogens is 384 g/mol. The molecule has 0 saturated carbocycles. The number of rotatable bonds is 9. The van der Waals surface area contributed by atoms with E-state index in [9.17, 15) is 5.11 Å². The van der Waals surface area contributed by atoms with Crippen LogP contribution in [0.4, 0.5) is 0 Å². The highest BCUT2D eigenvalue weighted by atomic mass is 16.7. The van der Waals surface area contributed by atoms with Gasteiger partial charge in [-0.3, -0.25) is 0 Å². The van der Waals surface area contributed by atoms with Gasteiger partial charge in [-0.25, -0.2) is 0 Å². The summed E-state index contributed by atoms with van der Waals surface area (Å²) in [4.78, 5) is 0. The molecule has 0 radical (unpaired) electrons. The van der Waals surface area contributed by atoms with Gasteiger partial charge >= 0.3 is 0 Å². The van der Waals surface area contributed by atoms with E-state index in [1.165, 1.54) is 5.56 Å². The fourth-order valence-electron chi connectivity index (χ4n) is 3.38. The van der Waals surface area contributed by atoms with E-state index in [1.807, 2.05) is 50.2 Å². The largest absolute Gasteiger partial charge is 0.491 e. The lowest BCUT2D eigenvalue weighted by Crippen LogP contribution is -2.25. The summed E-state index contributed by atoms with van der Waals surface area (Å²) in [5.41, 5.74) is 2.11. The molecule has 2 aromatic rings. The molecule has 0 aliphatic carbocycles. The number of aliphatic hydroxyl groups excluding tert-OH is 2. The number of hydrogen-bond acceptors (Lipinski definition) is 6. The van der Waals surface area contributed by atoms with Gasteiger partial charge in [0, 0.05) is 5.41 Å².